The zero-order chi connectivity index (χ0) is 32.8. The second-order valence-electron chi connectivity index (χ2n) is 10.5. The zero-order valence-electron chi connectivity index (χ0n) is 23.2. The average Bonchev–Trinajstić information content (AvgIpc) is 3.85. The minimum Gasteiger partial charge on any atom is -0.382 e. The number of aromatic amines is 1. The molecule has 0 spiro atoms. The van der Waals surface area contributed by atoms with Gasteiger partial charge in [-0.3, -0.25) is 31.9 Å². The van der Waals surface area contributed by atoms with Crippen molar-refractivity contribution >= 4 is 72.0 Å². The molecule has 5 aromatic rings. The van der Waals surface area contributed by atoms with Crippen LogP contribution in [-0.2, 0) is 36.7 Å². The standard InChI is InChI=1S/C21H21F2N11O9P2S2/c22-9-7-3-38-44(36,46)42-13-8(41-19(10(13)23)34-16-11(30-31-34)15(24)26-5-27-16)4-39-45(37,47)43-14(9)20(40-7)33-6-28-12-17(33)29-21-25-1-2-32(21)18(12)35/h1-2,5-10,13-14,19-20H,3-4H2,(H,25,29)(H,36,46)(H,37,47)(H2,24,26,27)/t7-,8-,9-,10+,13-,14?,19-,20-,44?,45?/m1/s1. The van der Waals surface area contributed by atoms with E-state index < -0.39 is 81.6 Å². The number of H-pyrrole nitrogens is 1. The van der Waals surface area contributed by atoms with E-state index in [-0.39, 0.29) is 33.9 Å². The average molecular weight is 736 g/mol. The number of rotatable bonds is 2. The van der Waals surface area contributed by atoms with Crippen LogP contribution in [0.15, 0.2) is 29.8 Å². The van der Waals surface area contributed by atoms with Crippen molar-refractivity contribution in [3.8, 4) is 0 Å². The third-order valence-corrected chi connectivity index (χ3v) is 10.9. The van der Waals surface area contributed by atoms with Gasteiger partial charge in [-0.25, -0.2) is 32.9 Å². The van der Waals surface area contributed by atoms with Gasteiger partial charge in [-0.05, 0) is 0 Å². The van der Waals surface area contributed by atoms with Crippen molar-refractivity contribution in [1.29, 1.82) is 0 Å². The SMILES string of the molecule is Nc1ncnc2c1nnn2[C@@H]1O[C@@H]2COP(=O)(S)OC3[C@H](n4cnc5c(=O)n6cc[nH]c6nc54)O[C@H](COP(=O)(S)O[C@H]2[C@@H]1F)[C@H]3F. The molecule has 3 aliphatic rings. The van der Waals surface area contributed by atoms with E-state index in [0.717, 1.165) is 11.0 Å². The highest BCUT2D eigenvalue weighted by atomic mass is 32.7. The highest BCUT2D eigenvalue weighted by Crippen LogP contribution is 2.60. The number of imidazole rings is 2. The van der Waals surface area contributed by atoms with Crippen molar-refractivity contribution in [2.75, 3.05) is 18.9 Å². The summed E-state index contributed by atoms with van der Waals surface area (Å²) in [6.07, 6.45) is -8.45. The van der Waals surface area contributed by atoms with Crippen molar-refractivity contribution in [3.63, 3.8) is 0 Å². The Kier molecular flexibility index (Phi) is 7.48. The van der Waals surface area contributed by atoms with Crippen LogP contribution in [0.25, 0.3) is 28.1 Å². The Morgan fingerprint density at radius 3 is 2.45 bits per heavy atom. The van der Waals surface area contributed by atoms with Crippen LogP contribution in [0.3, 0.4) is 0 Å². The molecule has 3 saturated heterocycles. The minimum atomic E-state index is -4.51. The molecule has 3 unspecified atom stereocenters. The summed E-state index contributed by atoms with van der Waals surface area (Å²) in [6, 6.07) is 0. The molecule has 0 saturated carbocycles. The van der Waals surface area contributed by atoms with Gasteiger partial charge in [0.05, 0.1) is 19.5 Å². The molecule has 0 aliphatic carbocycles. The molecule has 47 heavy (non-hydrogen) atoms. The van der Waals surface area contributed by atoms with Crippen LogP contribution in [0.2, 0.25) is 0 Å². The number of halogens is 2. The summed E-state index contributed by atoms with van der Waals surface area (Å²) in [7, 11) is 0. The molecule has 3 N–H and O–H groups in total. The smallest absolute Gasteiger partial charge is 0.382 e. The summed E-state index contributed by atoms with van der Waals surface area (Å²) in [5.74, 6) is 0.129. The first kappa shape index (κ1) is 31.2. The van der Waals surface area contributed by atoms with Crippen LogP contribution >= 0.6 is 38.1 Å². The zero-order valence-corrected chi connectivity index (χ0v) is 26.7. The molecule has 5 aromatic heterocycles. The fourth-order valence-corrected chi connectivity index (χ4v) is 8.50. The first-order chi connectivity index (χ1) is 22.4. The maximum atomic E-state index is 16.0. The van der Waals surface area contributed by atoms with Crippen LogP contribution in [0.1, 0.15) is 12.5 Å². The first-order valence-electron chi connectivity index (χ1n) is 13.5. The maximum absolute atomic E-state index is 16.0. The number of nitrogens with two attached hydrogens (primary N) is 1. The number of aromatic nitrogens is 10. The van der Waals surface area contributed by atoms with E-state index in [1.54, 1.807) is 0 Å². The van der Waals surface area contributed by atoms with Crippen molar-refractivity contribution in [2.24, 2.45) is 0 Å². The van der Waals surface area contributed by atoms with Gasteiger partial charge in [-0.1, -0.05) is 29.7 Å². The predicted molar refractivity (Wildman–Crippen MR) is 159 cm³/mol. The predicted octanol–water partition coefficient (Wildman–Crippen LogP) is 1.55. The lowest BCUT2D eigenvalue weighted by Gasteiger charge is -2.26. The van der Waals surface area contributed by atoms with Gasteiger partial charge in [0, 0.05) is 12.4 Å². The van der Waals surface area contributed by atoms with Gasteiger partial charge >= 0.3 is 13.6 Å². The molecule has 2 bridgehead atoms. The topological polar surface area (TPSA) is 240 Å². The molecule has 3 fully saturated rings. The van der Waals surface area contributed by atoms with E-state index in [1.807, 2.05) is 0 Å². The molecular weight excluding hydrogens is 714 g/mol. The highest BCUT2D eigenvalue weighted by Gasteiger charge is 2.54. The van der Waals surface area contributed by atoms with Gasteiger partial charge in [0.15, 0.2) is 52.9 Å². The summed E-state index contributed by atoms with van der Waals surface area (Å²) in [4.78, 5) is 32.0. The number of fused-ring (bicyclic) bond motifs is 6. The van der Waals surface area contributed by atoms with E-state index in [2.05, 4.69) is 59.7 Å². The number of thiol groups is 2. The Bertz CT molecular complexity index is 2190. The van der Waals surface area contributed by atoms with Crippen molar-refractivity contribution in [1.82, 2.24) is 48.9 Å². The number of nitrogen functional groups attached to an aromatic ring is 1. The number of hydrogen-bond donors (Lipinski definition) is 4. The third kappa shape index (κ3) is 5.27. The van der Waals surface area contributed by atoms with Crippen LogP contribution in [-0.4, -0.2) is 98.9 Å². The normalized spacial score (nSPS) is 36.8. The first-order valence-corrected chi connectivity index (χ1v) is 18.9. The van der Waals surface area contributed by atoms with Crippen LogP contribution in [0.4, 0.5) is 14.6 Å². The van der Waals surface area contributed by atoms with Gasteiger partial charge in [0.1, 0.15) is 30.7 Å². The maximum Gasteiger partial charge on any atom is 0.386 e. The Balaban J connectivity index is 1.12. The van der Waals surface area contributed by atoms with Crippen molar-refractivity contribution < 1.29 is 45.5 Å². The second kappa shape index (κ2) is 11.3. The van der Waals surface area contributed by atoms with Gasteiger partial charge in [0.2, 0.25) is 5.78 Å². The van der Waals surface area contributed by atoms with Crippen LogP contribution in [0, 0.1) is 0 Å². The molecule has 20 nitrogen and oxygen atoms in total. The largest absolute Gasteiger partial charge is 0.386 e. The summed E-state index contributed by atoms with van der Waals surface area (Å²) in [5, 5.41) is 7.72. The van der Waals surface area contributed by atoms with Gasteiger partial charge in [0.25, 0.3) is 5.56 Å². The fourth-order valence-electron chi connectivity index (χ4n) is 5.57. The van der Waals surface area contributed by atoms with E-state index in [9.17, 15) is 13.9 Å². The molecule has 0 aromatic carbocycles. The molecule has 8 rings (SSSR count). The molecule has 26 heteroatoms. The van der Waals surface area contributed by atoms with Gasteiger partial charge < -0.3 is 20.2 Å². The monoisotopic (exact) mass is 735 g/mol. The third-order valence-electron chi connectivity index (χ3n) is 7.71. The Hall–Kier alpha value is -3.05. The lowest BCUT2D eigenvalue weighted by Crippen LogP contribution is -2.33. The second-order valence-corrected chi connectivity index (χ2v) is 16.3. The van der Waals surface area contributed by atoms with E-state index in [1.165, 1.54) is 27.7 Å². The number of ether oxygens (including phenoxy) is 2. The lowest BCUT2D eigenvalue weighted by molar-refractivity contribution is -0.0583. The summed E-state index contributed by atoms with van der Waals surface area (Å²) >= 11 is 7.98. The lowest BCUT2D eigenvalue weighted by atomic mass is 10.1. The fraction of sp³-hybridized carbons (Fsp3) is 0.476. The molecular formula is C21H21F2N11O9P2S2. The van der Waals surface area contributed by atoms with E-state index in [4.69, 9.17) is 33.3 Å². The molecule has 8 heterocycles. The Morgan fingerprint density at radius 2 is 1.66 bits per heavy atom. The molecule has 10 atom stereocenters. The van der Waals surface area contributed by atoms with Crippen molar-refractivity contribution in [3.05, 3.63) is 35.4 Å². The molecule has 250 valence electrons. The van der Waals surface area contributed by atoms with Crippen molar-refractivity contribution in [2.45, 2.75) is 49.2 Å². The Labute approximate surface area is 269 Å². The number of nitrogens with zero attached hydrogens (tertiary/aromatic N) is 9. The van der Waals surface area contributed by atoms with Crippen LogP contribution < -0.4 is 11.3 Å². The van der Waals surface area contributed by atoms with Gasteiger partial charge in [-0.2, -0.15) is 9.67 Å². The highest BCUT2D eigenvalue weighted by molar-refractivity contribution is 8.44. The molecule has 0 amide bonds. The summed E-state index contributed by atoms with van der Waals surface area (Å²) < 4.78 is 95.7. The van der Waals surface area contributed by atoms with E-state index >= 15 is 8.78 Å². The quantitative estimate of drug-likeness (QED) is 0.149. The molecule has 0 radical (unpaired) electrons. The van der Waals surface area contributed by atoms with Gasteiger partial charge in [-0.15, -0.1) is 5.10 Å². The van der Waals surface area contributed by atoms with E-state index in [0.29, 0.717) is 0 Å². The van der Waals surface area contributed by atoms with Crippen LogP contribution in [0.5, 0.6) is 0 Å². The number of alkyl halides is 2. The number of anilines is 1. The molecule has 3 aliphatic heterocycles. The summed E-state index contributed by atoms with van der Waals surface area (Å²) in [6.45, 7) is -10.5. The number of nitrogens with one attached hydrogen (secondary N) is 1. The summed E-state index contributed by atoms with van der Waals surface area (Å²) in [5.41, 5.74) is 5.26. The minimum absolute atomic E-state index is 0.0149. The Morgan fingerprint density at radius 1 is 0.936 bits per heavy atom. The number of hydrogen-bond acceptors (Lipinski definition) is 16.